The van der Waals surface area contributed by atoms with Crippen molar-refractivity contribution < 1.29 is 4.79 Å². The van der Waals surface area contributed by atoms with E-state index in [0.717, 1.165) is 0 Å². The third-order valence-corrected chi connectivity index (χ3v) is 2.14. The lowest BCUT2D eigenvalue weighted by molar-refractivity contribution is 0.102. The first-order valence-corrected chi connectivity index (χ1v) is 5.24. The maximum atomic E-state index is 11.7. The topological polar surface area (TPSA) is 67.8 Å². The van der Waals surface area contributed by atoms with Crippen molar-refractivity contribution in [2.45, 2.75) is 0 Å². The predicted octanol–water partition coefficient (Wildman–Crippen LogP) is 1.89. The molecule has 0 saturated carbocycles. The largest absolute Gasteiger partial charge is 0.319 e. The van der Waals surface area contributed by atoms with Gasteiger partial charge in [0, 0.05) is 6.20 Å². The van der Waals surface area contributed by atoms with Gasteiger partial charge < -0.3 is 5.32 Å². The van der Waals surface area contributed by atoms with Gasteiger partial charge in [-0.25, -0.2) is 4.98 Å². The molecule has 0 aliphatic rings. The summed E-state index contributed by atoms with van der Waals surface area (Å²) in [7, 11) is 0. The average molecular weight is 279 g/mol. The van der Waals surface area contributed by atoms with E-state index in [4.69, 9.17) is 0 Å². The molecule has 0 aliphatic heterocycles. The monoisotopic (exact) mass is 278 g/mol. The van der Waals surface area contributed by atoms with Crippen LogP contribution >= 0.6 is 15.9 Å². The van der Waals surface area contributed by atoms with E-state index in [2.05, 4.69) is 36.2 Å². The number of pyridine rings is 1. The van der Waals surface area contributed by atoms with Crippen molar-refractivity contribution in [2.75, 3.05) is 5.32 Å². The molecule has 2 aromatic heterocycles. The van der Waals surface area contributed by atoms with Gasteiger partial charge in [0.05, 0.1) is 24.3 Å². The summed E-state index contributed by atoms with van der Waals surface area (Å²) in [5, 5.41) is 2.66. The van der Waals surface area contributed by atoms with Crippen molar-refractivity contribution in [1.29, 1.82) is 0 Å². The van der Waals surface area contributed by atoms with Gasteiger partial charge in [0.1, 0.15) is 10.3 Å². The van der Waals surface area contributed by atoms with Crippen LogP contribution in [0.3, 0.4) is 0 Å². The Morgan fingerprint density at radius 1 is 1.25 bits per heavy atom. The summed E-state index contributed by atoms with van der Waals surface area (Å²) in [4.78, 5) is 23.4. The lowest BCUT2D eigenvalue weighted by atomic mass is 10.3. The molecule has 2 heterocycles. The molecule has 0 spiro atoms. The molecule has 0 bridgehead atoms. The zero-order valence-corrected chi connectivity index (χ0v) is 9.68. The summed E-state index contributed by atoms with van der Waals surface area (Å²) in [6, 6.07) is 3.48. The fraction of sp³-hybridized carbons (Fsp3) is 0. The Kier molecular flexibility index (Phi) is 3.21. The minimum Gasteiger partial charge on any atom is -0.319 e. The molecular weight excluding hydrogens is 272 g/mol. The number of aromatic nitrogens is 3. The Labute approximate surface area is 100 Å². The molecule has 0 unspecified atom stereocenters. The Bertz CT molecular complexity index is 503. The molecular formula is C10H7BrN4O. The molecule has 5 nitrogen and oxygen atoms in total. The number of amides is 1. The zero-order valence-electron chi connectivity index (χ0n) is 8.09. The Balaban J connectivity index is 2.15. The zero-order chi connectivity index (χ0) is 11.4. The minimum absolute atomic E-state index is 0.248. The van der Waals surface area contributed by atoms with Gasteiger partial charge in [-0.05, 0) is 28.1 Å². The first-order chi connectivity index (χ1) is 7.75. The number of nitrogens with one attached hydrogen (secondary N) is 1. The Morgan fingerprint density at radius 2 is 2.12 bits per heavy atom. The average Bonchev–Trinajstić information content (AvgIpc) is 2.30. The van der Waals surface area contributed by atoms with Gasteiger partial charge in [-0.1, -0.05) is 0 Å². The van der Waals surface area contributed by atoms with E-state index in [1.165, 1.54) is 12.4 Å². The molecule has 80 valence electrons. The number of rotatable bonds is 2. The van der Waals surface area contributed by atoms with E-state index in [-0.39, 0.29) is 11.6 Å². The number of nitrogens with zero attached hydrogens (tertiary/aromatic N) is 3. The molecule has 1 N–H and O–H groups in total. The molecule has 6 heteroatoms. The molecule has 2 aromatic rings. The Hall–Kier alpha value is -1.82. The maximum Gasteiger partial charge on any atom is 0.275 e. The van der Waals surface area contributed by atoms with Crippen molar-refractivity contribution in [3.8, 4) is 0 Å². The predicted molar refractivity (Wildman–Crippen MR) is 61.9 cm³/mol. The van der Waals surface area contributed by atoms with Gasteiger partial charge in [-0.15, -0.1) is 0 Å². The highest BCUT2D eigenvalue weighted by Crippen LogP contribution is 2.07. The van der Waals surface area contributed by atoms with Crippen LogP contribution in [0.25, 0.3) is 0 Å². The first-order valence-electron chi connectivity index (χ1n) is 4.44. The van der Waals surface area contributed by atoms with Crippen LogP contribution in [0.15, 0.2) is 41.5 Å². The maximum absolute atomic E-state index is 11.7. The molecule has 16 heavy (non-hydrogen) atoms. The fourth-order valence-electron chi connectivity index (χ4n) is 1.08. The summed E-state index contributed by atoms with van der Waals surface area (Å²) in [5.74, 6) is -0.318. The third-order valence-electron chi connectivity index (χ3n) is 1.76. The minimum atomic E-state index is -0.318. The van der Waals surface area contributed by atoms with E-state index in [0.29, 0.717) is 10.3 Å². The van der Waals surface area contributed by atoms with Gasteiger partial charge in [-0.2, -0.15) is 0 Å². The van der Waals surface area contributed by atoms with Crippen molar-refractivity contribution in [1.82, 2.24) is 15.0 Å². The van der Waals surface area contributed by atoms with Crippen LogP contribution in [-0.2, 0) is 0 Å². The lowest BCUT2D eigenvalue weighted by Gasteiger charge is -2.03. The van der Waals surface area contributed by atoms with Gasteiger partial charge >= 0.3 is 0 Å². The summed E-state index contributed by atoms with van der Waals surface area (Å²) >= 11 is 3.15. The number of carbonyl (C=O) groups is 1. The third kappa shape index (κ3) is 2.60. The second kappa shape index (κ2) is 4.80. The Morgan fingerprint density at radius 3 is 2.81 bits per heavy atom. The van der Waals surface area contributed by atoms with Crippen LogP contribution in [-0.4, -0.2) is 20.9 Å². The van der Waals surface area contributed by atoms with Crippen LogP contribution in [0.1, 0.15) is 10.5 Å². The molecule has 0 fully saturated rings. The number of anilines is 1. The molecule has 0 aliphatic carbocycles. The molecule has 1 amide bonds. The van der Waals surface area contributed by atoms with Gasteiger partial charge in [0.15, 0.2) is 0 Å². The highest BCUT2D eigenvalue weighted by Gasteiger charge is 2.08. The van der Waals surface area contributed by atoms with E-state index in [1.807, 2.05) is 0 Å². The van der Waals surface area contributed by atoms with Gasteiger partial charge in [0.25, 0.3) is 5.91 Å². The van der Waals surface area contributed by atoms with Crippen LogP contribution in [0.5, 0.6) is 0 Å². The normalized spacial score (nSPS) is 9.81. The van der Waals surface area contributed by atoms with Crippen molar-refractivity contribution >= 4 is 27.5 Å². The fourth-order valence-corrected chi connectivity index (χ4v) is 1.39. The number of hydrogen-bond acceptors (Lipinski definition) is 4. The summed E-state index contributed by atoms with van der Waals surface area (Å²) in [6.07, 6.45) is 6.11. The summed E-state index contributed by atoms with van der Waals surface area (Å²) in [6.45, 7) is 0. The molecule has 2 rings (SSSR count). The number of carbonyl (C=O) groups excluding carboxylic acids is 1. The van der Waals surface area contributed by atoms with Crippen LogP contribution in [0.2, 0.25) is 0 Å². The van der Waals surface area contributed by atoms with Gasteiger partial charge in [0.2, 0.25) is 0 Å². The van der Waals surface area contributed by atoms with E-state index in [9.17, 15) is 4.79 Å². The SMILES string of the molecule is O=C(Nc1cccnc1)c1cncc(Br)n1. The summed E-state index contributed by atoms with van der Waals surface area (Å²) < 4.78 is 0.520. The number of hydrogen-bond donors (Lipinski definition) is 1. The smallest absolute Gasteiger partial charge is 0.275 e. The second-order valence-corrected chi connectivity index (χ2v) is 3.74. The second-order valence-electron chi connectivity index (χ2n) is 2.92. The van der Waals surface area contributed by atoms with Crippen molar-refractivity contribution in [3.05, 3.63) is 47.2 Å². The quantitative estimate of drug-likeness (QED) is 0.911. The van der Waals surface area contributed by atoms with E-state index in [1.54, 1.807) is 24.5 Å². The highest BCUT2D eigenvalue weighted by atomic mass is 79.9. The summed E-state index contributed by atoms with van der Waals surface area (Å²) in [5.41, 5.74) is 0.868. The molecule has 0 atom stereocenters. The van der Waals surface area contributed by atoms with Gasteiger partial charge in [-0.3, -0.25) is 14.8 Å². The molecule has 0 aromatic carbocycles. The van der Waals surface area contributed by atoms with Crippen LogP contribution in [0.4, 0.5) is 5.69 Å². The molecule has 0 saturated heterocycles. The lowest BCUT2D eigenvalue weighted by Crippen LogP contribution is -2.14. The van der Waals surface area contributed by atoms with Crippen LogP contribution < -0.4 is 5.32 Å². The molecule has 0 radical (unpaired) electrons. The van der Waals surface area contributed by atoms with E-state index >= 15 is 0 Å². The van der Waals surface area contributed by atoms with Crippen molar-refractivity contribution in [3.63, 3.8) is 0 Å². The first kappa shape index (κ1) is 10.7. The highest BCUT2D eigenvalue weighted by molar-refractivity contribution is 9.10. The number of halogens is 1. The van der Waals surface area contributed by atoms with Crippen LogP contribution in [0, 0.1) is 0 Å². The van der Waals surface area contributed by atoms with E-state index < -0.39 is 0 Å². The van der Waals surface area contributed by atoms with Crippen molar-refractivity contribution in [2.24, 2.45) is 0 Å². The standard InChI is InChI=1S/C10H7BrN4O/c11-9-6-13-5-8(15-9)10(16)14-7-2-1-3-12-4-7/h1-6H,(H,14,16).